The Hall–Kier alpha value is -1.55. The van der Waals surface area contributed by atoms with Gasteiger partial charge in [0.1, 0.15) is 5.75 Å². The molecule has 0 bridgehead atoms. The molecular weight excluding hydrogens is 350 g/mol. The number of para-hydroxylation sites is 1. The van der Waals surface area contributed by atoms with Crippen LogP contribution in [0.3, 0.4) is 0 Å². The molecule has 0 fully saturated rings. The zero-order valence-electron chi connectivity index (χ0n) is 18.0. The van der Waals surface area contributed by atoms with Crippen molar-refractivity contribution in [3.05, 3.63) is 30.3 Å². The molecule has 160 valence electrons. The zero-order valence-corrected chi connectivity index (χ0v) is 18.0. The van der Waals surface area contributed by atoms with E-state index in [0.717, 1.165) is 38.5 Å². The van der Waals surface area contributed by atoms with Crippen molar-refractivity contribution in [2.45, 2.75) is 103 Å². The maximum Gasteiger partial charge on any atom is 0.290 e. The van der Waals surface area contributed by atoms with E-state index in [9.17, 15) is 9.90 Å². The highest BCUT2D eigenvalue weighted by Crippen LogP contribution is 2.31. The second kappa shape index (κ2) is 14.4. The summed E-state index contributed by atoms with van der Waals surface area (Å²) in [6, 6.07) is 8.98. The van der Waals surface area contributed by atoms with E-state index in [1.165, 1.54) is 44.9 Å². The summed E-state index contributed by atoms with van der Waals surface area (Å²) in [4.78, 5) is 12.1. The Morgan fingerprint density at radius 1 is 0.893 bits per heavy atom. The number of hydrogen-bond donors (Lipinski definition) is 2. The van der Waals surface area contributed by atoms with Crippen LogP contribution >= 0.6 is 0 Å². The van der Waals surface area contributed by atoms with E-state index in [2.05, 4.69) is 13.8 Å². The molecule has 1 rings (SSSR count). The van der Waals surface area contributed by atoms with Crippen LogP contribution in [0.25, 0.3) is 0 Å². The maximum absolute atomic E-state index is 12.1. The first-order valence-electron chi connectivity index (χ1n) is 11.3. The zero-order chi connectivity index (χ0) is 20.7. The molecule has 1 amide bonds. The first-order valence-corrected chi connectivity index (χ1v) is 11.3. The fraction of sp³-hybridized carbons (Fsp3) is 0.708. The van der Waals surface area contributed by atoms with Crippen molar-refractivity contribution in [1.82, 2.24) is 0 Å². The van der Waals surface area contributed by atoms with Gasteiger partial charge in [-0.3, -0.25) is 4.79 Å². The van der Waals surface area contributed by atoms with Crippen LogP contribution in [-0.4, -0.2) is 16.8 Å². The standard InChI is InChI=1S/C24H41NO3/c1-3-5-7-8-9-10-11-12-14-18-21(17-6-4-2)24(27,23(25)26)28-22-19-15-13-16-20-22/h13,15-16,19-21,27H,3-12,14,17-18H2,1-2H3,(H2,25,26). The van der Waals surface area contributed by atoms with Crippen LogP contribution in [0.2, 0.25) is 0 Å². The van der Waals surface area contributed by atoms with Gasteiger partial charge in [-0.25, -0.2) is 0 Å². The number of benzene rings is 1. The fourth-order valence-corrected chi connectivity index (χ4v) is 3.69. The number of ether oxygens (including phenoxy) is 1. The number of unbranched alkanes of at least 4 members (excludes halogenated alkanes) is 9. The van der Waals surface area contributed by atoms with Gasteiger partial charge in [-0.1, -0.05) is 103 Å². The highest BCUT2D eigenvalue weighted by Gasteiger charge is 2.44. The highest BCUT2D eigenvalue weighted by atomic mass is 16.6. The lowest BCUT2D eigenvalue weighted by molar-refractivity contribution is -0.192. The lowest BCUT2D eigenvalue weighted by atomic mass is 9.86. The van der Waals surface area contributed by atoms with E-state index in [4.69, 9.17) is 10.5 Å². The van der Waals surface area contributed by atoms with Gasteiger partial charge in [-0.15, -0.1) is 0 Å². The molecule has 4 nitrogen and oxygen atoms in total. The first kappa shape index (κ1) is 24.5. The lowest BCUT2D eigenvalue weighted by Gasteiger charge is -2.34. The Balaban J connectivity index is 2.54. The van der Waals surface area contributed by atoms with Crippen LogP contribution in [0, 0.1) is 5.92 Å². The van der Waals surface area contributed by atoms with Gasteiger partial charge in [0.25, 0.3) is 11.7 Å². The molecule has 1 aromatic carbocycles. The van der Waals surface area contributed by atoms with Gasteiger partial charge in [-0.2, -0.15) is 0 Å². The molecule has 0 heterocycles. The highest BCUT2D eigenvalue weighted by molar-refractivity contribution is 5.82. The van der Waals surface area contributed by atoms with Crippen molar-refractivity contribution in [1.29, 1.82) is 0 Å². The third-order valence-electron chi connectivity index (χ3n) is 5.49. The number of hydrogen-bond acceptors (Lipinski definition) is 3. The SMILES string of the molecule is CCCCCCCCCCCC(CCCC)C(O)(Oc1ccccc1)C(N)=O. The van der Waals surface area contributed by atoms with Crippen LogP contribution in [0.5, 0.6) is 5.75 Å². The van der Waals surface area contributed by atoms with E-state index in [1.54, 1.807) is 12.1 Å². The Bertz CT molecular complexity index is 520. The van der Waals surface area contributed by atoms with Gasteiger partial charge in [0, 0.05) is 5.92 Å². The van der Waals surface area contributed by atoms with Crippen LogP contribution < -0.4 is 10.5 Å². The number of rotatable bonds is 17. The van der Waals surface area contributed by atoms with Gasteiger partial charge in [-0.05, 0) is 25.0 Å². The Morgan fingerprint density at radius 3 is 1.93 bits per heavy atom. The molecule has 0 saturated carbocycles. The number of nitrogens with two attached hydrogens (primary N) is 1. The molecule has 0 aromatic heterocycles. The van der Waals surface area contributed by atoms with Crippen LogP contribution in [0.1, 0.15) is 97.3 Å². The molecule has 0 aliphatic heterocycles. The van der Waals surface area contributed by atoms with Crippen molar-refractivity contribution in [3.8, 4) is 5.75 Å². The Morgan fingerprint density at radius 2 is 1.39 bits per heavy atom. The average Bonchev–Trinajstić information content (AvgIpc) is 2.69. The summed E-state index contributed by atoms with van der Waals surface area (Å²) in [5, 5.41) is 11.1. The number of carbonyl (C=O) groups excluding carboxylic acids is 1. The van der Waals surface area contributed by atoms with Crippen molar-refractivity contribution in [2.24, 2.45) is 11.7 Å². The number of aliphatic hydroxyl groups is 1. The molecule has 0 aliphatic rings. The molecule has 1 aromatic rings. The quantitative estimate of drug-likeness (QED) is 0.254. The summed E-state index contributed by atoms with van der Waals surface area (Å²) in [5.74, 6) is -2.56. The van der Waals surface area contributed by atoms with Crippen molar-refractivity contribution >= 4 is 5.91 Å². The predicted octanol–water partition coefficient (Wildman–Crippen LogP) is 5.97. The van der Waals surface area contributed by atoms with Gasteiger partial charge in [0.15, 0.2) is 0 Å². The van der Waals surface area contributed by atoms with E-state index in [-0.39, 0.29) is 5.92 Å². The molecule has 3 N–H and O–H groups in total. The maximum atomic E-state index is 12.1. The summed E-state index contributed by atoms with van der Waals surface area (Å²) < 4.78 is 5.74. The second-order valence-corrected chi connectivity index (χ2v) is 7.93. The van der Waals surface area contributed by atoms with Crippen LogP contribution in [0.4, 0.5) is 0 Å². The monoisotopic (exact) mass is 391 g/mol. The van der Waals surface area contributed by atoms with Crippen LogP contribution in [0.15, 0.2) is 30.3 Å². The summed E-state index contributed by atoms with van der Waals surface area (Å²) in [6.45, 7) is 4.35. The molecule has 0 saturated heterocycles. The van der Waals surface area contributed by atoms with Gasteiger partial charge in [0.2, 0.25) is 0 Å². The van der Waals surface area contributed by atoms with Crippen molar-refractivity contribution in [2.75, 3.05) is 0 Å². The minimum atomic E-state index is -1.95. The fourth-order valence-electron chi connectivity index (χ4n) is 3.69. The van der Waals surface area contributed by atoms with E-state index < -0.39 is 11.7 Å². The topological polar surface area (TPSA) is 72.6 Å². The largest absolute Gasteiger partial charge is 0.453 e. The summed E-state index contributed by atoms with van der Waals surface area (Å²) in [5.41, 5.74) is 5.59. The Labute approximate surface area is 171 Å². The summed E-state index contributed by atoms with van der Waals surface area (Å²) in [6.07, 6.45) is 14.6. The molecule has 0 spiro atoms. The van der Waals surface area contributed by atoms with Crippen LogP contribution in [-0.2, 0) is 4.79 Å². The molecule has 28 heavy (non-hydrogen) atoms. The average molecular weight is 392 g/mol. The molecule has 0 radical (unpaired) electrons. The normalized spacial score (nSPS) is 14.4. The minimum absolute atomic E-state index is 0.283. The molecule has 4 heteroatoms. The molecule has 2 atom stereocenters. The van der Waals surface area contributed by atoms with E-state index in [0.29, 0.717) is 5.75 Å². The number of primary amides is 1. The summed E-state index contributed by atoms with van der Waals surface area (Å²) >= 11 is 0. The number of carbonyl (C=O) groups is 1. The lowest BCUT2D eigenvalue weighted by Crippen LogP contribution is -2.54. The second-order valence-electron chi connectivity index (χ2n) is 7.93. The minimum Gasteiger partial charge on any atom is -0.453 e. The van der Waals surface area contributed by atoms with Crippen molar-refractivity contribution in [3.63, 3.8) is 0 Å². The smallest absolute Gasteiger partial charge is 0.290 e. The van der Waals surface area contributed by atoms with E-state index in [1.807, 2.05) is 18.2 Å². The molecule has 0 aliphatic carbocycles. The third-order valence-corrected chi connectivity index (χ3v) is 5.49. The molecule has 2 unspecified atom stereocenters. The Kier molecular flexibility index (Phi) is 12.6. The van der Waals surface area contributed by atoms with Gasteiger partial charge < -0.3 is 15.6 Å². The van der Waals surface area contributed by atoms with Gasteiger partial charge >= 0.3 is 0 Å². The summed E-state index contributed by atoms with van der Waals surface area (Å²) in [7, 11) is 0. The van der Waals surface area contributed by atoms with Crippen molar-refractivity contribution < 1.29 is 14.6 Å². The van der Waals surface area contributed by atoms with E-state index >= 15 is 0 Å². The first-order chi connectivity index (χ1) is 13.5. The third kappa shape index (κ3) is 9.09. The van der Waals surface area contributed by atoms with Gasteiger partial charge in [0.05, 0.1) is 0 Å². The number of amides is 1. The predicted molar refractivity (Wildman–Crippen MR) is 116 cm³/mol. The molecular formula is C24H41NO3.